The van der Waals surface area contributed by atoms with Crippen LogP contribution in [0.25, 0.3) is 0 Å². The lowest BCUT2D eigenvalue weighted by Crippen LogP contribution is -2.35. The van der Waals surface area contributed by atoms with Gasteiger partial charge in [-0.1, -0.05) is 18.2 Å². The molecule has 0 aliphatic heterocycles. The lowest BCUT2D eigenvalue weighted by atomic mass is 10.1. The maximum absolute atomic E-state index is 13.4. The maximum atomic E-state index is 13.4. The van der Waals surface area contributed by atoms with Crippen molar-refractivity contribution < 1.29 is 9.13 Å². The number of nitrogens with two attached hydrogens (primary N) is 1. The first-order valence-electron chi connectivity index (χ1n) is 4.62. The second-order valence-corrected chi connectivity index (χ2v) is 3.67. The highest BCUT2D eigenvalue weighted by Gasteiger charge is 2.22. The Labute approximate surface area is 83.9 Å². The number of hydrogen-bond donors (Lipinski definition) is 1. The number of rotatable bonds is 4. The predicted molar refractivity (Wildman–Crippen MR) is 55.2 cm³/mol. The number of hydrogen-bond acceptors (Lipinski definition) is 2. The van der Waals surface area contributed by atoms with E-state index in [1.165, 1.54) is 6.92 Å². The molecule has 2 N–H and O–H groups in total. The van der Waals surface area contributed by atoms with Crippen molar-refractivity contribution in [1.29, 1.82) is 0 Å². The molecule has 0 fully saturated rings. The van der Waals surface area contributed by atoms with E-state index in [0.717, 1.165) is 5.56 Å². The van der Waals surface area contributed by atoms with Gasteiger partial charge in [-0.05, 0) is 25.5 Å². The van der Waals surface area contributed by atoms with Crippen LogP contribution in [0.4, 0.5) is 4.39 Å². The lowest BCUT2D eigenvalue weighted by molar-refractivity contribution is 0.110. The molecular formula is C11H16FNO. The van der Waals surface area contributed by atoms with Crippen molar-refractivity contribution >= 4 is 0 Å². The topological polar surface area (TPSA) is 35.2 Å². The molecule has 0 spiro atoms. The summed E-state index contributed by atoms with van der Waals surface area (Å²) in [4.78, 5) is 0. The van der Waals surface area contributed by atoms with E-state index in [-0.39, 0.29) is 13.2 Å². The van der Waals surface area contributed by atoms with Gasteiger partial charge in [0.15, 0.2) is 5.67 Å². The fraction of sp³-hybridized carbons (Fsp3) is 0.455. The summed E-state index contributed by atoms with van der Waals surface area (Å²) in [7, 11) is 0. The molecule has 0 aromatic heterocycles. The van der Waals surface area contributed by atoms with Gasteiger partial charge in [-0.2, -0.15) is 0 Å². The van der Waals surface area contributed by atoms with Gasteiger partial charge in [-0.25, -0.2) is 4.39 Å². The van der Waals surface area contributed by atoms with Crippen LogP contribution in [-0.2, 0) is 0 Å². The maximum Gasteiger partial charge on any atom is 0.154 e. The summed E-state index contributed by atoms with van der Waals surface area (Å²) in [5.41, 5.74) is 4.80. The number of ether oxygens (including phenoxy) is 1. The zero-order valence-corrected chi connectivity index (χ0v) is 8.59. The van der Waals surface area contributed by atoms with Gasteiger partial charge in [0.25, 0.3) is 0 Å². The number of aryl methyl sites for hydroxylation is 1. The van der Waals surface area contributed by atoms with Crippen molar-refractivity contribution in [3.8, 4) is 5.75 Å². The summed E-state index contributed by atoms with van der Waals surface area (Å²) < 4.78 is 18.7. The average molecular weight is 197 g/mol. The summed E-state index contributed by atoms with van der Waals surface area (Å²) in [6.07, 6.45) is 0. The molecule has 1 atom stereocenters. The van der Waals surface area contributed by atoms with Gasteiger partial charge in [0.05, 0.1) is 0 Å². The number of alkyl halides is 1. The number of benzene rings is 1. The second-order valence-electron chi connectivity index (χ2n) is 3.67. The first-order valence-corrected chi connectivity index (χ1v) is 4.62. The molecule has 3 heteroatoms. The van der Waals surface area contributed by atoms with Crippen LogP contribution in [0.5, 0.6) is 5.75 Å². The summed E-state index contributed by atoms with van der Waals surface area (Å²) in [6, 6.07) is 7.52. The fourth-order valence-electron chi connectivity index (χ4n) is 1.01. The molecular weight excluding hydrogens is 181 g/mol. The van der Waals surface area contributed by atoms with Gasteiger partial charge < -0.3 is 10.5 Å². The standard InChI is InChI=1S/C11H16FNO/c1-9-5-3-4-6-10(9)14-8-11(2,12)7-13/h3-6H,7-8,13H2,1-2H3. The molecule has 78 valence electrons. The van der Waals surface area contributed by atoms with Crippen molar-refractivity contribution in [2.45, 2.75) is 19.5 Å². The van der Waals surface area contributed by atoms with Gasteiger partial charge in [-0.15, -0.1) is 0 Å². The largest absolute Gasteiger partial charge is 0.490 e. The molecule has 1 unspecified atom stereocenters. The molecule has 2 nitrogen and oxygen atoms in total. The van der Waals surface area contributed by atoms with E-state index in [1.54, 1.807) is 0 Å². The Balaban J connectivity index is 2.58. The van der Waals surface area contributed by atoms with Crippen LogP contribution < -0.4 is 10.5 Å². The Kier molecular flexibility index (Phi) is 3.47. The van der Waals surface area contributed by atoms with Gasteiger partial charge in [0, 0.05) is 6.54 Å². The van der Waals surface area contributed by atoms with Gasteiger partial charge >= 0.3 is 0 Å². The Morgan fingerprint density at radius 1 is 1.43 bits per heavy atom. The highest BCUT2D eigenvalue weighted by atomic mass is 19.1. The van der Waals surface area contributed by atoms with Crippen LogP contribution in [0.15, 0.2) is 24.3 Å². The number of halogens is 1. The highest BCUT2D eigenvalue weighted by Crippen LogP contribution is 2.18. The minimum absolute atomic E-state index is 0.00560. The fourth-order valence-corrected chi connectivity index (χ4v) is 1.01. The van der Waals surface area contributed by atoms with E-state index in [0.29, 0.717) is 5.75 Å². The van der Waals surface area contributed by atoms with Crippen molar-refractivity contribution in [2.75, 3.05) is 13.2 Å². The van der Waals surface area contributed by atoms with E-state index in [9.17, 15) is 4.39 Å². The van der Waals surface area contributed by atoms with Crippen LogP contribution >= 0.6 is 0 Å². The van der Waals surface area contributed by atoms with Crippen molar-refractivity contribution in [1.82, 2.24) is 0 Å². The van der Waals surface area contributed by atoms with Crippen LogP contribution in [-0.4, -0.2) is 18.8 Å². The Hall–Kier alpha value is -1.09. The number of para-hydroxylation sites is 1. The third-order valence-corrected chi connectivity index (χ3v) is 2.05. The van der Waals surface area contributed by atoms with Gasteiger partial charge in [0.1, 0.15) is 12.4 Å². The van der Waals surface area contributed by atoms with E-state index in [4.69, 9.17) is 10.5 Å². The van der Waals surface area contributed by atoms with Gasteiger partial charge in [0.2, 0.25) is 0 Å². The molecule has 0 amide bonds. The van der Waals surface area contributed by atoms with Crippen molar-refractivity contribution in [3.05, 3.63) is 29.8 Å². The predicted octanol–water partition coefficient (Wildman–Crippen LogP) is 2.06. The van der Waals surface area contributed by atoms with Crippen LogP contribution in [0.3, 0.4) is 0 Å². The molecule has 0 bridgehead atoms. The molecule has 0 heterocycles. The van der Waals surface area contributed by atoms with E-state index in [1.807, 2.05) is 31.2 Å². The highest BCUT2D eigenvalue weighted by molar-refractivity contribution is 5.31. The monoisotopic (exact) mass is 197 g/mol. The van der Waals surface area contributed by atoms with E-state index >= 15 is 0 Å². The Morgan fingerprint density at radius 3 is 2.64 bits per heavy atom. The van der Waals surface area contributed by atoms with E-state index in [2.05, 4.69) is 0 Å². The van der Waals surface area contributed by atoms with Crippen molar-refractivity contribution in [2.24, 2.45) is 5.73 Å². The molecule has 14 heavy (non-hydrogen) atoms. The molecule has 0 aliphatic carbocycles. The molecule has 1 rings (SSSR count). The molecule has 0 saturated heterocycles. The first kappa shape index (κ1) is 11.0. The van der Waals surface area contributed by atoms with Crippen LogP contribution in [0.2, 0.25) is 0 Å². The third-order valence-electron chi connectivity index (χ3n) is 2.05. The average Bonchev–Trinajstić information content (AvgIpc) is 2.17. The minimum atomic E-state index is -1.46. The molecule has 1 aromatic carbocycles. The summed E-state index contributed by atoms with van der Waals surface area (Å²) in [5.74, 6) is 0.713. The van der Waals surface area contributed by atoms with Crippen LogP contribution in [0.1, 0.15) is 12.5 Å². The molecule has 0 radical (unpaired) electrons. The Morgan fingerprint density at radius 2 is 2.07 bits per heavy atom. The third kappa shape index (κ3) is 3.00. The smallest absolute Gasteiger partial charge is 0.154 e. The van der Waals surface area contributed by atoms with Gasteiger partial charge in [-0.3, -0.25) is 0 Å². The van der Waals surface area contributed by atoms with Crippen LogP contribution in [0, 0.1) is 6.92 Å². The molecule has 1 aromatic rings. The normalized spacial score (nSPS) is 14.9. The quantitative estimate of drug-likeness (QED) is 0.801. The lowest BCUT2D eigenvalue weighted by Gasteiger charge is -2.19. The van der Waals surface area contributed by atoms with Crippen molar-refractivity contribution in [3.63, 3.8) is 0 Å². The summed E-state index contributed by atoms with van der Waals surface area (Å²) in [6.45, 7) is 3.33. The second kappa shape index (κ2) is 4.42. The summed E-state index contributed by atoms with van der Waals surface area (Å²) >= 11 is 0. The SMILES string of the molecule is Cc1ccccc1OCC(C)(F)CN. The van der Waals surface area contributed by atoms with E-state index < -0.39 is 5.67 Å². The molecule has 0 saturated carbocycles. The summed E-state index contributed by atoms with van der Waals surface area (Å²) in [5, 5.41) is 0. The molecule has 0 aliphatic rings. The minimum Gasteiger partial charge on any atom is -0.490 e. The first-order chi connectivity index (χ1) is 6.55. The Bertz CT molecular complexity index is 299. The zero-order chi connectivity index (χ0) is 10.6. The zero-order valence-electron chi connectivity index (χ0n) is 8.59.